The Kier molecular flexibility index (Phi) is 5.54. The first-order valence-electron chi connectivity index (χ1n) is 10.9. The maximum absolute atomic E-state index is 13.7. The van der Waals surface area contributed by atoms with E-state index in [0.717, 1.165) is 22.0 Å². The van der Waals surface area contributed by atoms with Crippen LogP contribution in [0.2, 0.25) is 0 Å². The maximum Gasteiger partial charge on any atom is 0.295 e. The number of anilines is 1. The lowest BCUT2D eigenvalue weighted by molar-refractivity contribution is 0.0971. The van der Waals surface area contributed by atoms with Gasteiger partial charge in [-0.05, 0) is 67.4 Å². The van der Waals surface area contributed by atoms with E-state index in [9.17, 15) is 9.59 Å². The summed E-state index contributed by atoms with van der Waals surface area (Å²) in [6.45, 7) is 4.56. The highest BCUT2D eigenvalue weighted by atomic mass is 79.9. The van der Waals surface area contributed by atoms with Crippen molar-refractivity contribution in [3.05, 3.63) is 104 Å². The van der Waals surface area contributed by atoms with E-state index in [0.29, 0.717) is 34.6 Å². The van der Waals surface area contributed by atoms with Gasteiger partial charge in [0, 0.05) is 10.2 Å². The molecule has 0 aliphatic carbocycles. The molecule has 1 amide bonds. The van der Waals surface area contributed by atoms with Crippen LogP contribution in [-0.2, 0) is 0 Å². The van der Waals surface area contributed by atoms with Crippen LogP contribution in [0.1, 0.15) is 46.6 Å². The monoisotopic (exact) mass is 503 g/mol. The summed E-state index contributed by atoms with van der Waals surface area (Å²) >= 11 is 3.45. The van der Waals surface area contributed by atoms with Gasteiger partial charge in [-0.25, -0.2) is 0 Å². The summed E-state index contributed by atoms with van der Waals surface area (Å²) in [6, 6.07) is 19.8. The van der Waals surface area contributed by atoms with Gasteiger partial charge in [0.15, 0.2) is 5.43 Å². The van der Waals surface area contributed by atoms with Crippen LogP contribution in [0.5, 0.6) is 5.75 Å². The molecule has 1 unspecified atom stereocenters. The van der Waals surface area contributed by atoms with Crippen molar-refractivity contribution in [3.8, 4) is 5.75 Å². The van der Waals surface area contributed by atoms with Crippen LogP contribution >= 0.6 is 15.9 Å². The zero-order chi connectivity index (χ0) is 23.1. The highest BCUT2D eigenvalue weighted by molar-refractivity contribution is 9.10. The second-order valence-electron chi connectivity index (χ2n) is 8.15. The van der Waals surface area contributed by atoms with Crippen molar-refractivity contribution in [3.63, 3.8) is 0 Å². The molecule has 4 aromatic rings. The van der Waals surface area contributed by atoms with Gasteiger partial charge in [-0.2, -0.15) is 0 Å². The molecule has 0 saturated heterocycles. The van der Waals surface area contributed by atoms with E-state index in [-0.39, 0.29) is 17.1 Å². The molecule has 0 N–H and O–H groups in total. The number of rotatable bonds is 5. The zero-order valence-corrected chi connectivity index (χ0v) is 19.9. The fourth-order valence-electron chi connectivity index (χ4n) is 4.26. The SMILES string of the molecule is CCCOc1cccc(C2c3c(oc4ccc(C)cc4c3=O)C(=O)N2c2ccc(Br)cc2)c1. The Morgan fingerprint density at radius 2 is 1.82 bits per heavy atom. The molecule has 166 valence electrons. The number of hydrogen-bond acceptors (Lipinski definition) is 4. The molecular formula is C27H22BrNO4. The number of nitrogens with zero attached hydrogens (tertiary/aromatic N) is 1. The maximum atomic E-state index is 13.7. The fraction of sp³-hybridized carbons (Fsp3) is 0.185. The molecule has 5 nitrogen and oxygen atoms in total. The van der Waals surface area contributed by atoms with E-state index in [2.05, 4.69) is 15.9 Å². The zero-order valence-electron chi connectivity index (χ0n) is 18.3. The lowest BCUT2D eigenvalue weighted by atomic mass is 9.97. The van der Waals surface area contributed by atoms with Crippen LogP contribution in [0, 0.1) is 6.92 Å². The number of benzene rings is 3. The second-order valence-corrected chi connectivity index (χ2v) is 9.06. The van der Waals surface area contributed by atoms with E-state index in [4.69, 9.17) is 9.15 Å². The second kappa shape index (κ2) is 8.52. The van der Waals surface area contributed by atoms with Crippen LogP contribution in [-0.4, -0.2) is 12.5 Å². The summed E-state index contributed by atoms with van der Waals surface area (Å²) in [7, 11) is 0. The van der Waals surface area contributed by atoms with Crippen molar-refractivity contribution in [2.24, 2.45) is 0 Å². The van der Waals surface area contributed by atoms with Crippen molar-refractivity contribution in [1.82, 2.24) is 0 Å². The summed E-state index contributed by atoms with van der Waals surface area (Å²) < 4.78 is 12.8. The Morgan fingerprint density at radius 3 is 2.58 bits per heavy atom. The van der Waals surface area contributed by atoms with E-state index < -0.39 is 6.04 Å². The number of ether oxygens (including phenoxy) is 1. The van der Waals surface area contributed by atoms with Crippen LogP contribution in [0.3, 0.4) is 0 Å². The number of fused-ring (bicyclic) bond motifs is 2. The third kappa shape index (κ3) is 3.74. The van der Waals surface area contributed by atoms with Crippen LogP contribution in [0.15, 0.2) is 80.4 Å². The Balaban J connectivity index is 1.76. The first kappa shape index (κ1) is 21.5. The quantitative estimate of drug-likeness (QED) is 0.316. The minimum Gasteiger partial charge on any atom is -0.494 e. The average molecular weight is 504 g/mol. The van der Waals surface area contributed by atoms with Gasteiger partial charge in [0.1, 0.15) is 11.3 Å². The molecule has 3 aromatic carbocycles. The lowest BCUT2D eigenvalue weighted by Gasteiger charge is -2.25. The molecule has 0 radical (unpaired) electrons. The van der Waals surface area contributed by atoms with Crippen molar-refractivity contribution < 1.29 is 13.9 Å². The smallest absolute Gasteiger partial charge is 0.295 e. The largest absolute Gasteiger partial charge is 0.494 e. The Hall–Kier alpha value is -3.38. The van der Waals surface area contributed by atoms with Crippen LogP contribution < -0.4 is 15.1 Å². The Morgan fingerprint density at radius 1 is 1.03 bits per heavy atom. The number of hydrogen-bond donors (Lipinski definition) is 0. The normalized spacial score (nSPS) is 15.2. The minimum absolute atomic E-state index is 0.0872. The van der Waals surface area contributed by atoms with E-state index >= 15 is 0 Å². The molecular weight excluding hydrogens is 482 g/mol. The third-order valence-electron chi connectivity index (χ3n) is 5.78. The lowest BCUT2D eigenvalue weighted by Crippen LogP contribution is -2.29. The Bertz CT molecular complexity index is 1420. The summed E-state index contributed by atoms with van der Waals surface area (Å²) in [4.78, 5) is 29.0. The number of aryl methyl sites for hydroxylation is 1. The topological polar surface area (TPSA) is 59.8 Å². The number of amides is 1. The van der Waals surface area contributed by atoms with Crippen molar-refractivity contribution in [2.75, 3.05) is 11.5 Å². The van der Waals surface area contributed by atoms with Crippen molar-refractivity contribution >= 4 is 38.5 Å². The van der Waals surface area contributed by atoms with Gasteiger partial charge in [0.25, 0.3) is 5.91 Å². The molecule has 2 heterocycles. The predicted octanol–water partition coefficient (Wildman–Crippen LogP) is 6.40. The van der Waals surface area contributed by atoms with Gasteiger partial charge < -0.3 is 9.15 Å². The molecule has 5 rings (SSSR count). The fourth-order valence-corrected chi connectivity index (χ4v) is 4.53. The van der Waals surface area contributed by atoms with E-state index in [1.54, 1.807) is 11.0 Å². The molecule has 1 aliphatic rings. The van der Waals surface area contributed by atoms with Crippen LogP contribution in [0.25, 0.3) is 11.0 Å². The molecule has 0 fully saturated rings. The third-order valence-corrected chi connectivity index (χ3v) is 6.31. The molecule has 1 atom stereocenters. The summed E-state index contributed by atoms with van der Waals surface area (Å²) in [6.07, 6.45) is 0.884. The standard InChI is InChI=1S/C27H22BrNO4/c1-3-13-32-20-6-4-5-17(15-20)24-23-25(30)21-14-16(2)7-12-22(21)33-26(23)27(31)29(24)19-10-8-18(28)9-11-19/h4-12,14-15,24H,3,13H2,1-2H3. The van der Waals surface area contributed by atoms with E-state index in [1.165, 1.54) is 0 Å². The van der Waals surface area contributed by atoms with Crippen molar-refractivity contribution in [1.29, 1.82) is 0 Å². The molecule has 1 aromatic heterocycles. The molecule has 0 saturated carbocycles. The van der Waals surface area contributed by atoms with Crippen molar-refractivity contribution in [2.45, 2.75) is 26.3 Å². The number of carbonyl (C=O) groups is 1. The molecule has 0 bridgehead atoms. The van der Waals surface area contributed by atoms with Gasteiger partial charge in [-0.3, -0.25) is 14.5 Å². The van der Waals surface area contributed by atoms with Gasteiger partial charge in [-0.1, -0.05) is 46.6 Å². The van der Waals surface area contributed by atoms with Crippen LogP contribution in [0.4, 0.5) is 5.69 Å². The van der Waals surface area contributed by atoms with Gasteiger partial charge >= 0.3 is 0 Å². The number of carbonyl (C=O) groups excluding carboxylic acids is 1. The predicted molar refractivity (Wildman–Crippen MR) is 132 cm³/mol. The van der Waals surface area contributed by atoms with Gasteiger partial charge in [0.05, 0.1) is 23.6 Å². The van der Waals surface area contributed by atoms with E-state index in [1.807, 2.05) is 74.5 Å². The summed E-state index contributed by atoms with van der Waals surface area (Å²) in [5.74, 6) is 0.452. The molecule has 6 heteroatoms. The molecule has 0 spiro atoms. The minimum atomic E-state index is -0.625. The summed E-state index contributed by atoms with van der Waals surface area (Å²) in [5, 5.41) is 0.475. The highest BCUT2D eigenvalue weighted by Gasteiger charge is 2.43. The average Bonchev–Trinajstić information content (AvgIpc) is 3.11. The first-order chi connectivity index (χ1) is 16.0. The number of halogens is 1. The van der Waals surface area contributed by atoms with Gasteiger partial charge in [0.2, 0.25) is 5.76 Å². The molecule has 33 heavy (non-hydrogen) atoms. The highest BCUT2D eigenvalue weighted by Crippen LogP contribution is 2.42. The Labute approximate surface area is 199 Å². The summed E-state index contributed by atoms with van der Waals surface area (Å²) in [5.41, 5.74) is 3.00. The first-order valence-corrected chi connectivity index (χ1v) is 11.7. The van der Waals surface area contributed by atoms with Gasteiger partial charge in [-0.15, -0.1) is 0 Å². The molecule has 1 aliphatic heterocycles.